The minimum absolute atomic E-state index is 0.00594. The van der Waals surface area contributed by atoms with Crippen molar-refractivity contribution in [2.24, 2.45) is 51.8 Å². The highest BCUT2D eigenvalue weighted by atomic mass is 32.2. The lowest BCUT2D eigenvalue weighted by molar-refractivity contribution is -0.347. The third kappa shape index (κ3) is 13.7. The Morgan fingerprint density at radius 3 is 2.40 bits per heavy atom. The van der Waals surface area contributed by atoms with Gasteiger partial charge in [0.2, 0.25) is 11.8 Å². The summed E-state index contributed by atoms with van der Waals surface area (Å²) in [5.41, 5.74) is 4.03. The maximum Gasteiger partial charge on any atom is 0.274 e. The average molecular weight is 1140 g/mol. The average Bonchev–Trinajstić information content (AvgIpc) is 4.01. The molecule has 0 aromatic carbocycles. The number of carbonyl (C=O) groups is 3. The third-order valence-electron chi connectivity index (χ3n) is 17.0. The maximum atomic E-state index is 13.0. The second-order valence-electron chi connectivity index (χ2n) is 22.1. The van der Waals surface area contributed by atoms with Crippen LogP contribution in [0.25, 0.3) is 11.2 Å². The van der Waals surface area contributed by atoms with Gasteiger partial charge in [0.05, 0.1) is 39.6 Å². The van der Waals surface area contributed by atoms with Crippen LogP contribution in [0.2, 0.25) is 0 Å². The van der Waals surface area contributed by atoms with Gasteiger partial charge in [0.25, 0.3) is 15.6 Å². The first-order valence-electron chi connectivity index (χ1n) is 25.3. The fourth-order valence-corrected chi connectivity index (χ4v) is 16.5. The molecule has 75 heavy (non-hydrogen) atoms. The minimum Gasteiger partial charge on any atom is -0.790 e. The molecule has 0 radical (unpaired) electrons. The summed E-state index contributed by atoms with van der Waals surface area (Å²) in [6.45, 7) is 6.97. The molecule has 4 saturated carbocycles. The van der Waals surface area contributed by atoms with Crippen molar-refractivity contribution >= 4 is 69.1 Å². The van der Waals surface area contributed by atoms with E-state index in [1.54, 1.807) is 0 Å². The van der Waals surface area contributed by atoms with Crippen LogP contribution in [0, 0.1) is 51.8 Å². The number of nitrogens with two attached hydrogens (primary N) is 1. The quantitative estimate of drug-likeness (QED) is 0.0590. The molecule has 2 aromatic rings. The summed E-state index contributed by atoms with van der Waals surface area (Å²) in [4.78, 5) is 98.3. The highest BCUT2D eigenvalue weighted by Crippen LogP contribution is 2.68. The zero-order chi connectivity index (χ0) is 55.1. The molecule has 5 fully saturated rings. The number of aliphatic hydroxyl groups is 4. The molecule has 2 unspecified atom stereocenters. The normalized spacial score (nSPS) is 34.3. The number of fused-ring (bicyclic) bond motifs is 6. The number of thioether (sulfide) groups is 1. The summed E-state index contributed by atoms with van der Waals surface area (Å²) in [5, 5.41) is 48.9. The van der Waals surface area contributed by atoms with Gasteiger partial charge in [-0.25, -0.2) is 19.3 Å². The van der Waals surface area contributed by atoms with Gasteiger partial charge in [0.15, 0.2) is 22.8 Å². The molecular formula is C45H70N7O19P3S-4. The molecule has 2 amide bonds. The number of anilines is 1. The number of nitrogen functional groups attached to an aromatic ring is 1. The van der Waals surface area contributed by atoms with E-state index in [1.165, 1.54) is 13.8 Å². The Kier molecular flexibility index (Phi) is 19.0. The molecule has 1 saturated heterocycles. The van der Waals surface area contributed by atoms with Crippen LogP contribution >= 0.6 is 35.2 Å². The molecule has 4 aliphatic carbocycles. The smallest absolute Gasteiger partial charge is 0.274 e. The standard InChI is InChI=1S/C45H74N7O19P3S/c1-24(28-9-10-29-27-8-7-25-18-26(53)12-14-44(25,4)30(27)19-32(54)45(28,29)5)6-11-34(56)75-17-16-47-33(55)13-15-48-41(59)38(58)43(2,3)21-68-74(65,66)71-73(63,64)67-20-31-37(70-72(60,61)62)36(57)42(69-31)52-23-51-35-39(46)49-22-50-40(35)52/h22-32,36-38,42,53-54,57-58H,6-21H2,1-5H3,(H,47,55)(H,48,59)(H,63,64)(H,65,66)(H2,46,49,50)(H2,60,61,62)/p-4/t24-,25+,26-,27+,28-,29+,30+,31-,32+,36-,37-,38+,42-,44+,45-/m1/s1. The molecule has 1 aliphatic heterocycles. The molecule has 5 aliphatic rings. The fraction of sp³-hybridized carbons (Fsp3) is 0.822. The number of hydrogen-bond donors (Lipinski definition) is 7. The van der Waals surface area contributed by atoms with Gasteiger partial charge in [-0.1, -0.05) is 46.4 Å². The first kappa shape index (κ1) is 60.1. The lowest BCUT2D eigenvalue weighted by Crippen LogP contribution is -2.58. The van der Waals surface area contributed by atoms with Crippen molar-refractivity contribution < 1.29 is 90.7 Å². The molecule has 8 N–H and O–H groups in total. The topological polar surface area (TPSA) is 415 Å². The van der Waals surface area contributed by atoms with E-state index in [9.17, 15) is 68.1 Å². The van der Waals surface area contributed by atoms with E-state index in [1.807, 2.05) is 0 Å². The van der Waals surface area contributed by atoms with E-state index in [-0.39, 0.29) is 64.5 Å². The number of aliphatic hydroxyl groups excluding tert-OH is 4. The molecule has 30 heteroatoms. The van der Waals surface area contributed by atoms with Crippen molar-refractivity contribution in [3.8, 4) is 0 Å². The highest BCUT2D eigenvalue weighted by molar-refractivity contribution is 8.13. The predicted molar refractivity (Wildman–Crippen MR) is 259 cm³/mol. The Labute approximate surface area is 438 Å². The van der Waals surface area contributed by atoms with Gasteiger partial charge in [0, 0.05) is 37.1 Å². The van der Waals surface area contributed by atoms with Crippen molar-refractivity contribution in [2.45, 2.75) is 148 Å². The van der Waals surface area contributed by atoms with Gasteiger partial charge in [-0.05, 0) is 104 Å². The summed E-state index contributed by atoms with van der Waals surface area (Å²) in [6.07, 6.45) is 0.757. The van der Waals surface area contributed by atoms with Gasteiger partial charge >= 0.3 is 0 Å². The van der Waals surface area contributed by atoms with Crippen molar-refractivity contribution in [1.82, 2.24) is 30.2 Å². The molecule has 17 atom stereocenters. The Morgan fingerprint density at radius 2 is 1.68 bits per heavy atom. The number of phosphoric ester groups is 3. The number of carbonyl (C=O) groups excluding carboxylic acids is 3. The summed E-state index contributed by atoms with van der Waals surface area (Å²) >= 11 is 1.12. The summed E-state index contributed by atoms with van der Waals surface area (Å²) < 4.78 is 61.1. The first-order chi connectivity index (χ1) is 35.0. The predicted octanol–water partition coefficient (Wildman–Crippen LogP) is 0.544. The van der Waals surface area contributed by atoms with Crippen molar-refractivity contribution in [2.75, 3.05) is 37.8 Å². The molecule has 3 heterocycles. The number of imidazole rings is 1. The van der Waals surface area contributed by atoms with Crippen molar-refractivity contribution in [3.05, 3.63) is 12.7 Å². The van der Waals surface area contributed by atoms with Crippen LogP contribution in [-0.2, 0) is 50.7 Å². The van der Waals surface area contributed by atoms with E-state index >= 15 is 0 Å². The second kappa shape index (κ2) is 23.7. The molecule has 2 aromatic heterocycles. The van der Waals surface area contributed by atoms with Crippen LogP contribution in [0.5, 0.6) is 0 Å². The van der Waals surface area contributed by atoms with E-state index in [2.05, 4.69) is 64.2 Å². The number of hydrogen-bond acceptors (Lipinski definition) is 24. The highest BCUT2D eigenvalue weighted by Gasteiger charge is 2.64. The lowest BCUT2D eigenvalue weighted by Gasteiger charge is -2.62. The van der Waals surface area contributed by atoms with Crippen LogP contribution < -0.4 is 35.9 Å². The first-order valence-corrected chi connectivity index (χ1v) is 30.7. The summed E-state index contributed by atoms with van der Waals surface area (Å²) in [6, 6.07) is 0. The minimum atomic E-state index is -5.94. The number of aromatic nitrogens is 4. The van der Waals surface area contributed by atoms with Crippen molar-refractivity contribution in [3.63, 3.8) is 0 Å². The van der Waals surface area contributed by atoms with E-state index in [0.717, 1.165) is 80.4 Å². The third-order valence-corrected chi connectivity index (χ3v) is 21.0. The van der Waals surface area contributed by atoms with E-state index in [0.29, 0.717) is 48.2 Å². The zero-order valence-corrected chi connectivity index (χ0v) is 46.0. The largest absolute Gasteiger partial charge is 0.790 e. The molecule has 0 bridgehead atoms. The SMILES string of the molecule is C[C@H](CCC(=O)SCCNC(=O)CCNC(=O)[C@H](O)C(C)(C)COP(=O)([O-])OP(=O)([O-])OC[C@H]1O[C@@H](n2cnc3c(N)ncnc32)[C@H](O)[C@@H]1OP(=O)([O-])[O-])[C@H]1CC[C@H]2[C@@H]3CC[C@H]4C[C@H](O)CC[C@]4(C)[C@H]3C[C@H](O)[C@]12C. The fourth-order valence-electron chi connectivity index (χ4n) is 13.1. The van der Waals surface area contributed by atoms with Crippen LogP contribution in [0.15, 0.2) is 12.7 Å². The Bertz CT molecular complexity index is 2530. The van der Waals surface area contributed by atoms with Gasteiger partial charge in [-0.3, -0.25) is 28.1 Å². The molecule has 0 spiro atoms. The monoisotopic (exact) mass is 1140 g/mol. The number of phosphoric acid groups is 3. The van der Waals surface area contributed by atoms with Gasteiger partial charge in [-0.15, -0.1) is 0 Å². The zero-order valence-electron chi connectivity index (χ0n) is 42.5. The van der Waals surface area contributed by atoms with Gasteiger partial charge < -0.3 is 79.2 Å². The van der Waals surface area contributed by atoms with Crippen molar-refractivity contribution in [1.29, 1.82) is 0 Å². The number of nitrogens with zero attached hydrogens (tertiary/aromatic N) is 4. The summed E-state index contributed by atoms with van der Waals surface area (Å²) in [7, 11) is -17.7. The number of rotatable bonds is 23. The second-order valence-corrected chi connectivity index (χ2v) is 27.3. The van der Waals surface area contributed by atoms with Crippen LogP contribution in [-0.4, -0.2) is 126 Å². The molecule has 424 valence electrons. The molecule has 7 rings (SSSR count). The van der Waals surface area contributed by atoms with E-state index in [4.69, 9.17) is 10.5 Å². The van der Waals surface area contributed by atoms with Gasteiger partial charge in [0.1, 0.15) is 36.3 Å². The van der Waals surface area contributed by atoms with Crippen LogP contribution in [0.1, 0.15) is 111 Å². The Hall–Kier alpha value is -2.52. The number of ether oxygens (including phenoxy) is 1. The summed E-state index contributed by atoms with van der Waals surface area (Å²) in [5.74, 6) is 1.33. The molecular weight excluding hydrogens is 1070 g/mol. The Balaban J connectivity index is 0.780. The number of amides is 2. The maximum absolute atomic E-state index is 13.0. The van der Waals surface area contributed by atoms with Crippen LogP contribution in [0.4, 0.5) is 5.82 Å². The molecule has 26 nitrogen and oxygen atoms in total. The number of nitrogens with one attached hydrogen (secondary N) is 2. The van der Waals surface area contributed by atoms with Crippen LogP contribution in [0.3, 0.4) is 0 Å². The lowest BCUT2D eigenvalue weighted by atomic mass is 9.43. The van der Waals surface area contributed by atoms with E-state index < -0.39 is 90.7 Å². The van der Waals surface area contributed by atoms with Gasteiger partial charge in [-0.2, -0.15) is 0 Å². The Morgan fingerprint density at radius 1 is 0.960 bits per heavy atom.